The lowest BCUT2D eigenvalue weighted by Gasteiger charge is -2.12. The number of halogens is 1. The molecule has 2 aromatic carbocycles. The highest BCUT2D eigenvalue weighted by Crippen LogP contribution is 2.21. The summed E-state index contributed by atoms with van der Waals surface area (Å²) >= 11 is 7.28. The molecule has 0 fully saturated rings. The second kappa shape index (κ2) is 8.59. The van der Waals surface area contributed by atoms with E-state index in [1.165, 1.54) is 11.8 Å². The average molecular weight is 402 g/mol. The van der Waals surface area contributed by atoms with Gasteiger partial charge in [0.25, 0.3) is 5.56 Å². The molecule has 1 aromatic heterocycles. The highest BCUT2D eigenvalue weighted by molar-refractivity contribution is 7.99. The third-order valence-electron chi connectivity index (χ3n) is 4.00. The molecule has 27 heavy (non-hydrogen) atoms. The molecule has 7 heteroatoms. The van der Waals surface area contributed by atoms with Crippen LogP contribution in [0.4, 0.5) is 5.69 Å². The van der Waals surface area contributed by atoms with E-state index in [1.807, 2.05) is 38.1 Å². The molecule has 0 aliphatic rings. The summed E-state index contributed by atoms with van der Waals surface area (Å²) in [4.78, 5) is 29.6. The highest BCUT2D eigenvalue weighted by atomic mass is 35.5. The number of anilines is 1. The van der Waals surface area contributed by atoms with Gasteiger partial charge in [-0.2, -0.15) is 0 Å². The zero-order valence-corrected chi connectivity index (χ0v) is 16.7. The number of hydrogen-bond donors (Lipinski definition) is 1. The molecule has 0 bridgehead atoms. The number of benzene rings is 2. The number of carbonyl (C=O) groups excluding carboxylic acids is 1. The van der Waals surface area contributed by atoms with Gasteiger partial charge in [-0.3, -0.25) is 14.2 Å². The van der Waals surface area contributed by atoms with Crippen LogP contribution in [0.3, 0.4) is 0 Å². The smallest absolute Gasteiger partial charge is 0.262 e. The van der Waals surface area contributed by atoms with E-state index >= 15 is 0 Å². The Morgan fingerprint density at radius 3 is 2.67 bits per heavy atom. The number of nitrogens with one attached hydrogen (secondary N) is 1. The predicted molar refractivity (Wildman–Crippen MR) is 112 cm³/mol. The van der Waals surface area contributed by atoms with Crippen LogP contribution >= 0.6 is 23.4 Å². The molecule has 0 atom stereocenters. The van der Waals surface area contributed by atoms with Crippen molar-refractivity contribution in [2.24, 2.45) is 0 Å². The quantitative estimate of drug-likeness (QED) is 0.488. The van der Waals surface area contributed by atoms with Gasteiger partial charge in [-0.05, 0) is 43.7 Å². The van der Waals surface area contributed by atoms with Crippen LogP contribution in [0.1, 0.15) is 18.9 Å². The standard InChI is InChI=1S/C20H20ClN3O2S/c1-3-10-24-19(26)16-9-6-14(21)11-17(16)23-20(24)27-12-18(25)22-15-7-4-13(2)5-8-15/h4-9,11H,3,10,12H2,1-2H3,(H,22,25). The summed E-state index contributed by atoms with van der Waals surface area (Å²) in [6, 6.07) is 12.7. The molecular weight excluding hydrogens is 382 g/mol. The molecule has 0 saturated heterocycles. The van der Waals surface area contributed by atoms with Crippen molar-refractivity contribution in [3.8, 4) is 0 Å². The number of aromatic nitrogens is 2. The Morgan fingerprint density at radius 2 is 1.96 bits per heavy atom. The number of nitrogens with zero attached hydrogens (tertiary/aromatic N) is 2. The van der Waals surface area contributed by atoms with Crippen molar-refractivity contribution in [3.05, 3.63) is 63.4 Å². The van der Waals surface area contributed by atoms with E-state index in [-0.39, 0.29) is 17.2 Å². The van der Waals surface area contributed by atoms with Crippen molar-refractivity contribution < 1.29 is 4.79 Å². The van der Waals surface area contributed by atoms with Gasteiger partial charge in [-0.1, -0.05) is 48.0 Å². The van der Waals surface area contributed by atoms with Crippen LogP contribution in [0.25, 0.3) is 10.9 Å². The number of carbonyl (C=O) groups is 1. The largest absolute Gasteiger partial charge is 0.325 e. The minimum atomic E-state index is -0.146. The first kappa shape index (κ1) is 19.5. The van der Waals surface area contributed by atoms with Gasteiger partial charge in [0.05, 0.1) is 16.7 Å². The summed E-state index contributed by atoms with van der Waals surface area (Å²) in [7, 11) is 0. The summed E-state index contributed by atoms with van der Waals surface area (Å²) in [5.74, 6) is 0.0168. The molecule has 0 aliphatic heterocycles. The molecule has 3 aromatic rings. The van der Waals surface area contributed by atoms with Gasteiger partial charge >= 0.3 is 0 Å². The first-order valence-electron chi connectivity index (χ1n) is 8.67. The molecule has 0 saturated carbocycles. The molecule has 0 aliphatic carbocycles. The van der Waals surface area contributed by atoms with Crippen molar-refractivity contribution >= 4 is 45.9 Å². The van der Waals surface area contributed by atoms with Crippen molar-refractivity contribution in [1.82, 2.24) is 9.55 Å². The Hall–Kier alpha value is -2.31. The van der Waals surface area contributed by atoms with E-state index in [1.54, 1.807) is 22.8 Å². The highest BCUT2D eigenvalue weighted by Gasteiger charge is 2.13. The van der Waals surface area contributed by atoms with E-state index in [0.717, 1.165) is 17.7 Å². The van der Waals surface area contributed by atoms with Crippen LogP contribution < -0.4 is 10.9 Å². The Bertz CT molecular complexity index is 1030. The van der Waals surface area contributed by atoms with Crippen molar-refractivity contribution in [2.75, 3.05) is 11.1 Å². The maximum absolute atomic E-state index is 12.8. The van der Waals surface area contributed by atoms with Crippen LogP contribution in [0.2, 0.25) is 5.02 Å². The van der Waals surface area contributed by atoms with Gasteiger partial charge in [-0.25, -0.2) is 4.98 Å². The summed E-state index contributed by atoms with van der Waals surface area (Å²) < 4.78 is 1.63. The Labute approximate surface area is 166 Å². The molecule has 5 nitrogen and oxygen atoms in total. The number of amides is 1. The van der Waals surface area contributed by atoms with E-state index in [0.29, 0.717) is 27.6 Å². The maximum Gasteiger partial charge on any atom is 0.262 e. The summed E-state index contributed by atoms with van der Waals surface area (Å²) in [6.45, 7) is 4.54. The zero-order chi connectivity index (χ0) is 19.4. The van der Waals surface area contributed by atoms with Crippen LogP contribution in [0, 0.1) is 6.92 Å². The fourth-order valence-corrected chi connectivity index (χ4v) is 3.66. The number of thioether (sulfide) groups is 1. The second-order valence-electron chi connectivity index (χ2n) is 6.22. The molecule has 0 spiro atoms. The number of aryl methyl sites for hydroxylation is 1. The van der Waals surface area contributed by atoms with E-state index < -0.39 is 0 Å². The Morgan fingerprint density at radius 1 is 1.22 bits per heavy atom. The second-order valence-corrected chi connectivity index (χ2v) is 7.59. The predicted octanol–water partition coefficient (Wildman–Crippen LogP) is 4.50. The van der Waals surface area contributed by atoms with Gasteiger partial charge in [0.15, 0.2) is 5.16 Å². The molecule has 3 rings (SSSR count). The molecule has 1 amide bonds. The van der Waals surface area contributed by atoms with E-state index in [9.17, 15) is 9.59 Å². The topological polar surface area (TPSA) is 64.0 Å². The monoisotopic (exact) mass is 401 g/mol. The molecule has 0 unspecified atom stereocenters. The zero-order valence-electron chi connectivity index (χ0n) is 15.2. The van der Waals surface area contributed by atoms with Crippen LogP contribution in [-0.4, -0.2) is 21.2 Å². The van der Waals surface area contributed by atoms with Crippen molar-refractivity contribution in [3.63, 3.8) is 0 Å². The normalized spacial score (nSPS) is 10.9. The lowest BCUT2D eigenvalue weighted by atomic mass is 10.2. The lowest BCUT2D eigenvalue weighted by molar-refractivity contribution is -0.113. The molecular formula is C20H20ClN3O2S. The minimum absolute atomic E-state index is 0.111. The molecule has 0 radical (unpaired) electrons. The van der Waals surface area contributed by atoms with E-state index in [2.05, 4.69) is 10.3 Å². The Balaban J connectivity index is 1.82. The van der Waals surface area contributed by atoms with Crippen molar-refractivity contribution in [1.29, 1.82) is 0 Å². The number of rotatable bonds is 6. The van der Waals surface area contributed by atoms with Gasteiger partial charge in [0, 0.05) is 17.3 Å². The average Bonchev–Trinajstić information content (AvgIpc) is 2.64. The van der Waals surface area contributed by atoms with E-state index in [4.69, 9.17) is 11.6 Å². The maximum atomic E-state index is 12.8. The number of hydrogen-bond acceptors (Lipinski definition) is 4. The molecule has 140 valence electrons. The van der Waals surface area contributed by atoms with Crippen LogP contribution in [0.15, 0.2) is 52.4 Å². The van der Waals surface area contributed by atoms with Gasteiger partial charge in [-0.15, -0.1) is 0 Å². The van der Waals surface area contributed by atoms with Crippen molar-refractivity contribution in [2.45, 2.75) is 32.0 Å². The third kappa shape index (κ3) is 4.70. The molecule has 1 N–H and O–H groups in total. The molecule has 1 heterocycles. The van der Waals surface area contributed by atoms with Gasteiger partial charge in [0.2, 0.25) is 5.91 Å². The van der Waals surface area contributed by atoms with Crippen LogP contribution in [-0.2, 0) is 11.3 Å². The fraction of sp³-hybridized carbons (Fsp3) is 0.250. The fourth-order valence-electron chi connectivity index (χ4n) is 2.67. The SMILES string of the molecule is CCCn1c(SCC(=O)Nc2ccc(C)cc2)nc2cc(Cl)ccc2c1=O. The summed E-state index contributed by atoms with van der Waals surface area (Å²) in [6.07, 6.45) is 0.795. The summed E-state index contributed by atoms with van der Waals surface area (Å²) in [5, 5.41) is 4.43. The van der Waals surface area contributed by atoms with Crippen LogP contribution in [0.5, 0.6) is 0 Å². The third-order valence-corrected chi connectivity index (χ3v) is 5.21. The number of fused-ring (bicyclic) bond motifs is 1. The Kier molecular flexibility index (Phi) is 6.19. The first-order chi connectivity index (χ1) is 13.0. The first-order valence-corrected chi connectivity index (χ1v) is 10.0. The minimum Gasteiger partial charge on any atom is -0.325 e. The lowest BCUT2D eigenvalue weighted by Crippen LogP contribution is -2.24. The summed E-state index contributed by atoms with van der Waals surface area (Å²) in [5.41, 5.74) is 2.31. The van der Waals surface area contributed by atoms with Gasteiger partial charge in [0.1, 0.15) is 0 Å². The van der Waals surface area contributed by atoms with Gasteiger partial charge < -0.3 is 5.32 Å².